The SMILES string of the molecule is O=C(N[C@@H]1CCN(C(=O)O)C1)[C@@H]1CC[C@@H]2CN1C(=O)N2O. The highest BCUT2D eigenvalue weighted by atomic mass is 16.5. The molecule has 116 valence electrons. The highest BCUT2D eigenvalue weighted by molar-refractivity contribution is 5.88. The van der Waals surface area contributed by atoms with Crippen LogP contribution >= 0.6 is 0 Å². The molecule has 0 aromatic heterocycles. The molecule has 3 aliphatic heterocycles. The molecule has 3 heterocycles. The molecule has 0 spiro atoms. The number of carboxylic acid groups (broad SMARTS) is 1. The number of piperidine rings is 1. The lowest BCUT2D eigenvalue weighted by molar-refractivity contribution is -0.126. The van der Waals surface area contributed by atoms with Crippen molar-refractivity contribution < 1.29 is 24.7 Å². The Morgan fingerprint density at radius 2 is 1.95 bits per heavy atom. The van der Waals surface area contributed by atoms with E-state index in [4.69, 9.17) is 5.11 Å². The molecule has 9 heteroatoms. The van der Waals surface area contributed by atoms with Crippen molar-refractivity contribution >= 4 is 18.0 Å². The molecular formula is C12H18N4O5. The van der Waals surface area contributed by atoms with Crippen molar-refractivity contribution in [2.75, 3.05) is 19.6 Å². The van der Waals surface area contributed by atoms with Gasteiger partial charge in [0.1, 0.15) is 6.04 Å². The molecular weight excluding hydrogens is 280 g/mol. The van der Waals surface area contributed by atoms with Gasteiger partial charge in [-0.3, -0.25) is 10.0 Å². The molecule has 0 saturated carbocycles. The number of carbonyl (C=O) groups is 3. The quantitative estimate of drug-likeness (QED) is 0.595. The summed E-state index contributed by atoms with van der Waals surface area (Å²) < 4.78 is 0. The minimum Gasteiger partial charge on any atom is -0.465 e. The second-order valence-electron chi connectivity index (χ2n) is 5.75. The van der Waals surface area contributed by atoms with E-state index >= 15 is 0 Å². The molecule has 3 N–H and O–H groups in total. The van der Waals surface area contributed by atoms with Gasteiger partial charge in [0.15, 0.2) is 0 Å². The zero-order chi connectivity index (χ0) is 15.1. The lowest BCUT2D eigenvalue weighted by Gasteiger charge is -2.30. The van der Waals surface area contributed by atoms with E-state index in [-0.39, 0.29) is 24.5 Å². The van der Waals surface area contributed by atoms with E-state index in [9.17, 15) is 19.6 Å². The highest BCUT2D eigenvalue weighted by Crippen LogP contribution is 2.28. The number of likely N-dealkylation sites (tertiary alicyclic amines) is 1. The van der Waals surface area contributed by atoms with E-state index in [1.807, 2.05) is 0 Å². The van der Waals surface area contributed by atoms with Crippen molar-refractivity contribution in [2.24, 2.45) is 0 Å². The number of hydrogen-bond donors (Lipinski definition) is 3. The molecule has 9 nitrogen and oxygen atoms in total. The van der Waals surface area contributed by atoms with Gasteiger partial charge in [0, 0.05) is 25.7 Å². The molecule has 0 aliphatic carbocycles. The van der Waals surface area contributed by atoms with E-state index in [0.717, 1.165) is 0 Å². The van der Waals surface area contributed by atoms with Gasteiger partial charge in [-0.15, -0.1) is 0 Å². The zero-order valence-corrected chi connectivity index (χ0v) is 11.4. The lowest BCUT2D eigenvalue weighted by atomic mass is 10.00. The van der Waals surface area contributed by atoms with Gasteiger partial charge in [-0.25, -0.2) is 14.7 Å². The Hall–Kier alpha value is -2.03. The summed E-state index contributed by atoms with van der Waals surface area (Å²) in [4.78, 5) is 37.6. The number of amides is 4. The van der Waals surface area contributed by atoms with Crippen LogP contribution < -0.4 is 5.32 Å². The Balaban J connectivity index is 1.59. The molecule has 2 bridgehead atoms. The molecule has 3 atom stereocenters. The highest BCUT2D eigenvalue weighted by Gasteiger charge is 2.47. The maximum atomic E-state index is 12.3. The van der Waals surface area contributed by atoms with Gasteiger partial charge in [-0.1, -0.05) is 0 Å². The predicted octanol–water partition coefficient (Wildman–Crippen LogP) is -0.487. The number of fused-ring (bicyclic) bond motifs is 2. The van der Waals surface area contributed by atoms with Crippen molar-refractivity contribution in [1.29, 1.82) is 0 Å². The number of nitrogens with zero attached hydrogens (tertiary/aromatic N) is 3. The fourth-order valence-electron chi connectivity index (χ4n) is 3.27. The van der Waals surface area contributed by atoms with Gasteiger partial charge in [0.2, 0.25) is 5.91 Å². The Bertz CT molecular complexity index is 484. The molecule has 3 saturated heterocycles. The van der Waals surface area contributed by atoms with Gasteiger partial charge in [0.25, 0.3) is 0 Å². The van der Waals surface area contributed by atoms with Crippen LogP contribution in [0.1, 0.15) is 19.3 Å². The molecule has 3 aliphatic rings. The monoisotopic (exact) mass is 298 g/mol. The first-order chi connectivity index (χ1) is 9.97. The van der Waals surface area contributed by atoms with Gasteiger partial charge in [-0.2, -0.15) is 0 Å². The summed E-state index contributed by atoms with van der Waals surface area (Å²) >= 11 is 0. The smallest absolute Gasteiger partial charge is 0.407 e. The van der Waals surface area contributed by atoms with Crippen molar-refractivity contribution in [1.82, 2.24) is 20.2 Å². The van der Waals surface area contributed by atoms with Gasteiger partial charge in [-0.05, 0) is 19.3 Å². The first-order valence-electron chi connectivity index (χ1n) is 7.04. The van der Waals surface area contributed by atoms with Crippen LogP contribution in [-0.2, 0) is 4.79 Å². The summed E-state index contributed by atoms with van der Waals surface area (Å²) in [6.45, 7) is 1.04. The Labute approximate surface area is 121 Å². The molecule has 0 unspecified atom stereocenters. The normalized spacial score (nSPS) is 31.8. The number of urea groups is 1. The van der Waals surface area contributed by atoms with Gasteiger partial charge in [0.05, 0.1) is 6.04 Å². The Kier molecular flexibility index (Phi) is 3.36. The lowest BCUT2D eigenvalue weighted by Crippen LogP contribution is -2.52. The van der Waals surface area contributed by atoms with Crippen LogP contribution in [0.2, 0.25) is 0 Å². The second-order valence-corrected chi connectivity index (χ2v) is 5.75. The molecule has 0 aromatic carbocycles. The van der Waals surface area contributed by atoms with E-state index in [0.29, 0.717) is 37.4 Å². The van der Waals surface area contributed by atoms with Crippen LogP contribution in [0.4, 0.5) is 9.59 Å². The molecule has 21 heavy (non-hydrogen) atoms. The van der Waals surface area contributed by atoms with Crippen LogP contribution in [0.3, 0.4) is 0 Å². The molecule has 4 amide bonds. The van der Waals surface area contributed by atoms with Crippen molar-refractivity contribution in [2.45, 2.75) is 37.4 Å². The maximum Gasteiger partial charge on any atom is 0.407 e. The van der Waals surface area contributed by atoms with Crippen molar-refractivity contribution in [3.05, 3.63) is 0 Å². The number of hydroxylamine groups is 2. The summed E-state index contributed by atoms with van der Waals surface area (Å²) in [6.07, 6.45) is 0.683. The largest absolute Gasteiger partial charge is 0.465 e. The topological polar surface area (TPSA) is 113 Å². The minimum atomic E-state index is -0.988. The minimum absolute atomic E-state index is 0.214. The summed E-state index contributed by atoms with van der Waals surface area (Å²) in [7, 11) is 0. The third-order valence-corrected chi connectivity index (χ3v) is 4.45. The maximum absolute atomic E-state index is 12.3. The Morgan fingerprint density at radius 3 is 2.62 bits per heavy atom. The second kappa shape index (κ2) is 5.06. The zero-order valence-electron chi connectivity index (χ0n) is 11.4. The number of rotatable bonds is 2. The fourth-order valence-corrected chi connectivity index (χ4v) is 3.27. The van der Waals surface area contributed by atoms with E-state index in [2.05, 4.69) is 5.32 Å². The van der Waals surface area contributed by atoms with E-state index < -0.39 is 18.2 Å². The number of nitrogens with one attached hydrogen (secondary N) is 1. The standard InChI is InChI=1S/C12H18N4O5/c17-10(13-7-3-4-14(5-7)12(19)20)9-2-1-8-6-15(9)11(18)16(8)21/h7-9,21H,1-6H2,(H,13,17)(H,19,20)/t7-,8-,9+/m1/s1. The van der Waals surface area contributed by atoms with Crippen LogP contribution in [0.5, 0.6) is 0 Å². The van der Waals surface area contributed by atoms with Crippen molar-refractivity contribution in [3.63, 3.8) is 0 Å². The van der Waals surface area contributed by atoms with Crippen LogP contribution in [0.15, 0.2) is 0 Å². The number of carbonyl (C=O) groups excluding carboxylic acids is 2. The van der Waals surface area contributed by atoms with Crippen LogP contribution in [0, 0.1) is 0 Å². The van der Waals surface area contributed by atoms with Gasteiger partial charge < -0.3 is 20.2 Å². The summed E-state index contributed by atoms with van der Waals surface area (Å²) in [5, 5.41) is 22.0. The van der Waals surface area contributed by atoms with E-state index in [1.165, 1.54) is 9.80 Å². The van der Waals surface area contributed by atoms with Crippen molar-refractivity contribution in [3.8, 4) is 0 Å². The number of hydrogen-bond acceptors (Lipinski definition) is 4. The molecule has 0 aromatic rings. The summed E-state index contributed by atoms with van der Waals surface area (Å²) in [5.41, 5.74) is 0. The average molecular weight is 298 g/mol. The Morgan fingerprint density at radius 1 is 1.19 bits per heavy atom. The van der Waals surface area contributed by atoms with E-state index in [1.54, 1.807) is 0 Å². The van der Waals surface area contributed by atoms with Crippen LogP contribution in [0.25, 0.3) is 0 Å². The molecule has 3 rings (SSSR count). The fraction of sp³-hybridized carbons (Fsp3) is 0.750. The predicted molar refractivity (Wildman–Crippen MR) is 68.7 cm³/mol. The van der Waals surface area contributed by atoms with Crippen LogP contribution in [-0.4, -0.2) is 81.0 Å². The summed E-state index contributed by atoms with van der Waals surface area (Å²) in [5.74, 6) is -0.269. The average Bonchev–Trinajstić information content (AvgIpc) is 3.00. The first kappa shape index (κ1) is 13.9. The molecule has 3 fully saturated rings. The molecule has 0 radical (unpaired) electrons. The third kappa shape index (κ3) is 2.37. The van der Waals surface area contributed by atoms with Gasteiger partial charge >= 0.3 is 12.1 Å². The summed E-state index contributed by atoms with van der Waals surface area (Å²) in [6, 6.07) is -1.55. The third-order valence-electron chi connectivity index (χ3n) is 4.45. The first-order valence-corrected chi connectivity index (χ1v) is 7.04.